The van der Waals surface area contributed by atoms with Crippen molar-refractivity contribution in [2.45, 2.75) is 44.8 Å². The molecule has 0 saturated carbocycles. The van der Waals surface area contributed by atoms with Gasteiger partial charge in [0, 0.05) is 13.1 Å². The van der Waals surface area contributed by atoms with Crippen LogP contribution in [0.2, 0.25) is 0 Å². The topological polar surface area (TPSA) is 58.2 Å². The van der Waals surface area contributed by atoms with Gasteiger partial charge in [0.15, 0.2) is 0 Å². The highest BCUT2D eigenvalue weighted by Crippen LogP contribution is 2.12. The molecule has 0 aromatic carbocycles. The quantitative estimate of drug-likeness (QED) is 0.740. The summed E-state index contributed by atoms with van der Waals surface area (Å²) in [6.07, 6.45) is 3.80. The standard InChI is InChI=1S/C11H24N2O2S/c1-3-10(4-2)8-13-16(14,15)11-6-5-7-12-9-11/h10-13H,3-9H2,1-2H3. The minimum atomic E-state index is -3.11. The molecule has 1 heterocycles. The fraction of sp³-hybridized carbons (Fsp3) is 1.00. The van der Waals surface area contributed by atoms with E-state index in [1.165, 1.54) is 0 Å². The van der Waals surface area contributed by atoms with E-state index >= 15 is 0 Å². The van der Waals surface area contributed by atoms with Crippen LogP contribution in [0.1, 0.15) is 39.5 Å². The molecule has 1 saturated heterocycles. The van der Waals surface area contributed by atoms with Gasteiger partial charge in [-0.25, -0.2) is 13.1 Å². The van der Waals surface area contributed by atoms with Crippen molar-refractivity contribution in [1.82, 2.24) is 10.0 Å². The van der Waals surface area contributed by atoms with E-state index in [0.717, 1.165) is 32.2 Å². The Morgan fingerprint density at radius 2 is 2.06 bits per heavy atom. The lowest BCUT2D eigenvalue weighted by molar-refractivity contribution is 0.461. The van der Waals surface area contributed by atoms with Crippen LogP contribution in [-0.2, 0) is 10.0 Å². The van der Waals surface area contributed by atoms with Crippen LogP contribution in [0, 0.1) is 5.92 Å². The average Bonchev–Trinajstić information content (AvgIpc) is 2.31. The third kappa shape index (κ3) is 4.03. The van der Waals surface area contributed by atoms with Gasteiger partial charge in [0.2, 0.25) is 10.0 Å². The molecular weight excluding hydrogens is 224 g/mol. The molecule has 0 spiro atoms. The normalized spacial score (nSPS) is 22.6. The molecule has 1 atom stereocenters. The van der Waals surface area contributed by atoms with Crippen molar-refractivity contribution in [3.8, 4) is 0 Å². The Hall–Kier alpha value is -0.130. The molecule has 0 bridgehead atoms. The third-order valence-electron chi connectivity index (χ3n) is 3.42. The molecule has 5 heteroatoms. The second-order valence-electron chi connectivity index (χ2n) is 4.54. The first kappa shape index (κ1) is 13.9. The van der Waals surface area contributed by atoms with Gasteiger partial charge in [-0.1, -0.05) is 26.7 Å². The minimum Gasteiger partial charge on any atom is -0.315 e. The van der Waals surface area contributed by atoms with Crippen molar-refractivity contribution in [1.29, 1.82) is 0 Å². The van der Waals surface area contributed by atoms with Gasteiger partial charge in [-0.05, 0) is 25.3 Å². The molecule has 2 N–H and O–H groups in total. The van der Waals surface area contributed by atoms with Crippen LogP contribution >= 0.6 is 0 Å². The number of nitrogens with one attached hydrogen (secondary N) is 2. The van der Waals surface area contributed by atoms with Gasteiger partial charge in [0.25, 0.3) is 0 Å². The second-order valence-corrected chi connectivity index (χ2v) is 6.59. The molecular formula is C11H24N2O2S. The van der Waals surface area contributed by atoms with Crippen molar-refractivity contribution in [3.05, 3.63) is 0 Å². The van der Waals surface area contributed by atoms with Crippen LogP contribution in [0.25, 0.3) is 0 Å². The van der Waals surface area contributed by atoms with E-state index in [-0.39, 0.29) is 5.25 Å². The Morgan fingerprint density at radius 3 is 2.56 bits per heavy atom. The summed E-state index contributed by atoms with van der Waals surface area (Å²) in [5.41, 5.74) is 0. The van der Waals surface area contributed by atoms with Crippen LogP contribution in [-0.4, -0.2) is 33.3 Å². The Bertz CT molecular complexity index is 280. The molecule has 1 aliphatic heterocycles. The predicted molar refractivity (Wildman–Crippen MR) is 66.9 cm³/mol. The maximum Gasteiger partial charge on any atom is 0.215 e. The van der Waals surface area contributed by atoms with E-state index in [9.17, 15) is 8.42 Å². The zero-order valence-corrected chi connectivity index (χ0v) is 11.1. The fourth-order valence-electron chi connectivity index (χ4n) is 2.01. The monoisotopic (exact) mass is 248 g/mol. The molecule has 16 heavy (non-hydrogen) atoms. The summed E-state index contributed by atoms with van der Waals surface area (Å²) in [7, 11) is -3.11. The molecule has 0 aromatic rings. The zero-order valence-electron chi connectivity index (χ0n) is 10.3. The first-order valence-electron chi connectivity index (χ1n) is 6.29. The average molecular weight is 248 g/mol. The van der Waals surface area contributed by atoms with Crippen LogP contribution in [0.5, 0.6) is 0 Å². The number of hydrogen-bond acceptors (Lipinski definition) is 3. The summed E-state index contributed by atoms with van der Waals surface area (Å²) in [5.74, 6) is 0.464. The van der Waals surface area contributed by atoms with E-state index in [4.69, 9.17) is 0 Å². The number of hydrogen-bond donors (Lipinski definition) is 2. The Balaban J connectivity index is 2.44. The summed E-state index contributed by atoms with van der Waals surface area (Å²) in [6, 6.07) is 0. The first-order valence-corrected chi connectivity index (χ1v) is 7.84. The fourth-order valence-corrected chi connectivity index (χ4v) is 3.53. The molecule has 1 rings (SSSR count). The van der Waals surface area contributed by atoms with Crippen molar-refractivity contribution in [2.24, 2.45) is 5.92 Å². The summed E-state index contributed by atoms with van der Waals surface area (Å²) in [4.78, 5) is 0. The maximum atomic E-state index is 12.0. The van der Waals surface area contributed by atoms with Gasteiger partial charge in [-0.3, -0.25) is 0 Å². The van der Waals surface area contributed by atoms with Gasteiger partial charge >= 0.3 is 0 Å². The molecule has 0 aliphatic carbocycles. The van der Waals surface area contributed by atoms with E-state index in [1.807, 2.05) is 0 Å². The number of sulfonamides is 1. The highest BCUT2D eigenvalue weighted by molar-refractivity contribution is 7.90. The number of piperidine rings is 1. The van der Waals surface area contributed by atoms with Gasteiger partial charge < -0.3 is 5.32 Å². The summed E-state index contributed by atoms with van der Waals surface area (Å²) in [5, 5.41) is 2.90. The molecule has 4 nitrogen and oxygen atoms in total. The van der Waals surface area contributed by atoms with E-state index in [1.54, 1.807) is 0 Å². The second kappa shape index (κ2) is 6.57. The Morgan fingerprint density at radius 1 is 1.38 bits per heavy atom. The van der Waals surface area contributed by atoms with Crippen molar-refractivity contribution in [2.75, 3.05) is 19.6 Å². The van der Waals surface area contributed by atoms with Gasteiger partial charge in [0.05, 0.1) is 5.25 Å². The van der Waals surface area contributed by atoms with Crippen molar-refractivity contribution >= 4 is 10.0 Å². The van der Waals surface area contributed by atoms with Crippen LogP contribution in [0.4, 0.5) is 0 Å². The SMILES string of the molecule is CCC(CC)CNS(=O)(=O)C1CCCNC1. The Kier molecular flexibility index (Phi) is 5.72. The van der Waals surface area contributed by atoms with Crippen LogP contribution in [0.15, 0.2) is 0 Å². The van der Waals surface area contributed by atoms with E-state index in [2.05, 4.69) is 23.9 Å². The lowest BCUT2D eigenvalue weighted by Crippen LogP contribution is -2.45. The molecule has 1 aliphatic rings. The molecule has 0 amide bonds. The van der Waals surface area contributed by atoms with E-state index in [0.29, 0.717) is 19.0 Å². The van der Waals surface area contributed by atoms with Gasteiger partial charge in [-0.2, -0.15) is 0 Å². The maximum absolute atomic E-state index is 12.0. The van der Waals surface area contributed by atoms with Crippen LogP contribution in [0.3, 0.4) is 0 Å². The largest absolute Gasteiger partial charge is 0.315 e. The molecule has 1 unspecified atom stereocenters. The number of rotatable bonds is 6. The highest BCUT2D eigenvalue weighted by atomic mass is 32.2. The molecule has 96 valence electrons. The zero-order chi connectivity index (χ0) is 12.0. The minimum absolute atomic E-state index is 0.240. The van der Waals surface area contributed by atoms with Gasteiger partial charge in [0.1, 0.15) is 0 Å². The molecule has 1 fully saturated rings. The molecule has 0 aromatic heterocycles. The van der Waals surface area contributed by atoms with Gasteiger partial charge in [-0.15, -0.1) is 0 Å². The lowest BCUT2D eigenvalue weighted by atomic mass is 10.0. The van der Waals surface area contributed by atoms with E-state index < -0.39 is 10.0 Å². The highest BCUT2D eigenvalue weighted by Gasteiger charge is 2.26. The first-order chi connectivity index (χ1) is 7.60. The van der Waals surface area contributed by atoms with Crippen LogP contribution < -0.4 is 10.0 Å². The molecule has 0 radical (unpaired) electrons. The van der Waals surface area contributed by atoms with Crippen molar-refractivity contribution in [3.63, 3.8) is 0 Å². The smallest absolute Gasteiger partial charge is 0.215 e. The third-order valence-corrected chi connectivity index (χ3v) is 5.27. The summed E-state index contributed by atoms with van der Waals surface area (Å²) in [6.45, 7) is 6.33. The van der Waals surface area contributed by atoms with Crippen molar-refractivity contribution < 1.29 is 8.42 Å². The Labute approximate surface area is 99.2 Å². The summed E-state index contributed by atoms with van der Waals surface area (Å²) < 4.78 is 26.7. The lowest BCUT2D eigenvalue weighted by Gasteiger charge is -2.24. The summed E-state index contributed by atoms with van der Waals surface area (Å²) >= 11 is 0. The predicted octanol–water partition coefficient (Wildman–Crippen LogP) is 1.09.